The van der Waals surface area contributed by atoms with Crippen molar-refractivity contribution < 1.29 is 0 Å². The number of anilines is 2. The maximum absolute atomic E-state index is 6.13. The molecule has 1 heterocycles. The number of halogens is 1. The van der Waals surface area contributed by atoms with E-state index < -0.39 is 0 Å². The summed E-state index contributed by atoms with van der Waals surface area (Å²) in [5, 5.41) is 7.27. The number of unbranched alkanes of at least 4 members (excludes halogenated alkanes) is 2. The van der Waals surface area contributed by atoms with Crippen LogP contribution in [0.25, 0.3) is 0 Å². The largest absolute Gasteiger partial charge is 0.366 e. The maximum atomic E-state index is 6.13. The van der Waals surface area contributed by atoms with Crippen LogP contribution in [0.4, 0.5) is 11.8 Å². The number of hydrogen-bond acceptors (Lipinski definition) is 4. The lowest BCUT2D eigenvalue weighted by Crippen LogP contribution is -2.08. The summed E-state index contributed by atoms with van der Waals surface area (Å²) in [4.78, 5) is 8.66. The van der Waals surface area contributed by atoms with Crippen LogP contribution >= 0.6 is 11.6 Å². The predicted molar refractivity (Wildman–Crippen MR) is 88.8 cm³/mol. The first-order chi connectivity index (χ1) is 10.3. The molecule has 5 heteroatoms. The molecule has 0 aliphatic carbocycles. The van der Waals surface area contributed by atoms with Crippen LogP contribution in [0, 0.1) is 0 Å². The first-order valence-electron chi connectivity index (χ1n) is 7.34. The van der Waals surface area contributed by atoms with Crippen LogP contribution in [0.2, 0.25) is 5.02 Å². The Labute approximate surface area is 131 Å². The first kappa shape index (κ1) is 15.6. The lowest BCUT2D eigenvalue weighted by atomic mass is 10.2. The summed E-state index contributed by atoms with van der Waals surface area (Å²) in [6.45, 7) is 3.74. The smallest absolute Gasteiger partial charge is 0.224 e. The van der Waals surface area contributed by atoms with Crippen molar-refractivity contribution in [2.45, 2.75) is 32.7 Å². The molecule has 2 N–H and O–H groups in total. The molecule has 0 bridgehead atoms. The molecule has 0 amide bonds. The third-order valence-electron chi connectivity index (χ3n) is 3.14. The minimum absolute atomic E-state index is 0.645. The molecule has 1 aromatic carbocycles. The highest BCUT2D eigenvalue weighted by molar-refractivity contribution is 6.31. The van der Waals surface area contributed by atoms with Gasteiger partial charge in [0.15, 0.2) is 0 Å². The van der Waals surface area contributed by atoms with Crippen molar-refractivity contribution in [3.05, 3.63) is 47.1 Å². The zero-order valence-electron chi connectivity index (χ0n) is 12.3. The fourth-order valence-corrected chi connectivity index (χ4v) is 2.15. The maximum Gasteiger partial charge on any atom is 0.224 e. The number of aromatic nitrogens is 2. The van der Waals surface area contributed by atoms with E-state index in [9.17, 15) is 0 Å². The van der Waals surface area contributed by atoms with E-state index in [2.05, 4.69) is 27.5 Å². The highest BCUT2D eigenvalue weighted by atomic mass is 35.5. The molecule has 2 aromatic rings. The van der Waals surface area contributed by atoms with Gasteiger partial charge in [0.1, 0.15) is 5.82 Å². The normalized spacial score (nSPS) is 10.4. The van der Waals surface area contributed by atoms with Gasteiger partial charge >= 0.3 is 0 Å². The van der Waals surface area contributed by atoms with Crippen LogP contribution in [0.5, 0.6) is 0 Å². The Morgan fingerprint density at radius 1 is 1.10 bits per heavy atom. The summed E-state index contributed by atoms with van der Waals surface area (Å²) in [6, 6.07) is 9.65. The number of hydrogen-bond donors (Lipinski definition) is 2. The summed E-state index contributed by atoms with van der Waals surface area (Å²) in [7, 11) is 0. The molecule has 0 radical (unpaired) electrons. The number of rotatable bonds is 8. The van der Waals surface area contributed by atoms with Gasteiger partial charge in [-0.2, -0.15) is 4.98 Å². The Kier molecular flexibility index (Phi) is 6.28. The molecule has 0 atom stereocenters. The Morgan fingerprint density at radius 2 is 1.95 bits per heavy atom. The molecule has 0 aliphatic rings. The van der Waals surface area contributed by atoms with Crippen LogP contribution < -0.4 is 10.6 Å². The quantitative estimate of drug-likeness (QED) is 0.712. The topological polar surface area (TPSA) is 49.8 Å². The molecular weight excluding hydrogens is 284 g/mol. The third kappa shape index (κ3) is 5.23. The second-order valence-corrected chi connectivity index (χ2v) is 5.25. The molecule has 0 spiro atoms. The monoisotopic (exact) mass is 304 g/mol. The predicted octanol–water partition coefficient (Wildman–Crippen LogP) is 4.34. The van der Waals surface area contributed by atoms with E-state index in [0.29, 0.717) is 12.5 Å². The number of benzene rings is 1. The number of nitrogens with zero attached hydrogens (tertiary/aromatic N) is 2. The Morgan fingerprint density at radius 3 is 2.76 bits per heavy atom. The average Bonchev–Trinajstić information content (AvgIpc) is 2.51. The van der Waals surface area contributed by atoms with E-state index in [1.54, 1.807) is 6.20 Å². The lowest BCUT2D eigenvalue weighted by molar-refractivity contribution is 0.740. The van der Waals surface area contributed by atoms with Crippen molar-refractivity contribution in [3.8, 4) is 0 Å². The van der Waals surface area contributed by atoms with Crippen LogP contribution in [0.1, 0.15) is 31.7 Å². The first-order valence-corrected chi connectivity index (χ1v) is 7.71. The van der Waals surface area contributed by atoms with Gasteiger partial charge < -0.3 is 10.6 Å². The second-order valence-electron chi connectivity index (χ2n) is 4.84. The fourth-order valence-electron chi connectivity index (χ4n) is 1.95. The van der Waals surface area contributed by atoms with E-state index >= 15 is 0 Å². The molecule has 0 saturated carbocycles. The molecule has 1 aromatic heterocycles. The van der Waals surface area contributed by atoms with Gasteiger partial charge in [-0.1, -0.05) is 49.6 Å². The molecule has 0 unspecified atom stereocenters. The van der Waals surface area contributed by atoms with E-state index in [-0.39, 0.29) is 0 Å². The lowest BCUT2D eigenvalue weighted by Gasteiger charge is -2.09. The highest BCUT2D eigenvalue weighted by Crippen LogP contribution is 2.16. The van der Waals surface area contributed by atoms with Crippen molar-refractivity contribution in [2.24, 2.45) is 0 Å². The van der Waals surface area contributed by atoms with Gasteiger partial charge in [0, 0.05) is 24.3 Å². The molecule has 0 saturated heterocycles. The van der Waals surface area contributed by atoms with Gasteiger partial charge in [0.25, 0.3) is 0 Å². The van der Waals surface area contributed by atoms with Crippen molar-refractivity contribution in [3.63, 3.8) is 0 Å². The Balaban J connectivity index is 1.87. The fraction of sp³-hybridized carbons (Fsp3) is 0.375. The Bertz CT molecular complexity index is 559. The molecule has 2 rings (SSSR count). The van der Waals surface area contributed by atoms with Crippen LogP contribution in [-0.2, 0) is 6.54 Å². The van der Waals surface area contributed by atoms with Gasteiger partial charge in [-0.25, -0.2) is 4.98 Å². The SMILES string of the molecule is CCCCCNc1nccc(NCc2ccccc2Cl)n1. The summed E-state index contributed by atoms with van der Waals surface area (Å²) < 4.78 is 0. The third-order valence-corrected chi connectivity index (χ3v) is 3.51. The average molecular weight is 305 g/mol. The summed E-state index contributed by atoms with van der Waals surface area (Å²) in [5.41, 5.74) is 1.05. The molecule has 0 aliphatic heterocycles. The van der Waals surface area contributed by atoms with E-state index in [0.717, 1.165) is 29.4 Å². The zero-order chi connectivity index (χ0) is 14.9. The standard InChI is InChI=1S/C16H21ClN4/c1-2-3-6-10-18-16-19-11-9-15(21-16)20-12-13-7-4-5-8-14(13)17/h4-5,7-9,11H,2-3,6,10,12H2,1H3,(H2,18,19,20,21). The second kappa shape index (κ2) is 8.47. The molecule has 0 fully saturated rings. The van der Waals surface area contributed by atoms with Gasteiger partial charge in [0.2, 0.25) is 5.95 Å². The van der Waals surface area contributed by atoms with Crippen molar-refractivity contribution in [1.82, 2.24) is 9.97 Å². The van der Waals surface area contributed by atoms with Crippen LogP contribution in [-0.4, -0.2) is 16.5 Å². The van der Waals surface area contributed by atoms with Crippen molar-refractivity contribution in [2.75, 3.05) is 17.2 Å². The Hall–Kier alpha value is -1.81. The summed E-state index contributed by atoms with van der Waals surface area (Å²) >= 11 is 6.13. The minimum Gasteiger partial charge on any atom is -0.366 e. The van der Waals surface area contributed by atoms with E-state index in [1.165, 1.54) is 12.8 Å². The molecule has 4 nitrogen and oxygen atoms in total. The van der Waals surface area contributed by atoms with Gasteiger partial charge in [-0.05, 0) is 24.1 Å². The van der Waals surface area contributed by atoms with Gasteiger partial charge in [-0.3, -0.25) is 0 Å². The van der Waals surface area contributed by atoms with Crippen LogP contribution in [0.15, 0.2) is 36.5 Å². The summed E-state index contributed by atoms with van der Waals surface area (Å²) in [5.74, 6) is 1.46. The molecular formula is C16H21ClN4. The zero-order valence-corrected chi connectivity index (χ0v) is 13.0. The van der Waals surface area contributed by atoms with E-state index in [1.807, 2.05) is 30.3 Å². The van der Waals surface area contributed by atoms with Crippen molar-refractivity contribution >= 4 is 23.4 Å². The van der Waals surface area contributed by atoms with Gasteiger partial charge in [-0.15, -0.1) is 0 Å². The molecule has 112 valence electrons. The van der Waals surface area contributed by atoms with Crippen molar-refractivity contribution in [1.29, 1.82) is 0 Å². The van der Waals surface area contributed by atoms with Crippen LogP contribution in [0.3, 0.4) is 0 Å². The van der Waals surface area contributed by atoms with Gasteiger partial charge in [0.05, 0.1) is 0 Å². The number of nitrogens with one attached hydrogen (secondary N) is 2. The summed E-state index contributed by atoms with van der Waals surface area (Å²) in [6.07, 6.45) is 5.32. The highest BCUT2D eigenvalue weighted by Gasteiger charge is 2.01. The molecule has 21 heavy (non-hydrogen) atoms. The van der Waals surface area contributed by atoms with E-state index in [4.69, 9.17) is 11.6 Å². The minimum atomic E-state index is 0.645.